The highest BCUT2D eigenvalue weighted by atomic mass is 16.3. The maximum Gasteiger partial charge on any atom is 0.319 e. The molecule has 1 atom stereocenters. The maximum absolute atomic E-state index is 12.2. The van der Waals surface area contributed by atoms with Crippen LogP contribution in [0, 0.1) is 0 Å². The molecule has 0 unspecified atom stereocenters. The summed E-state index contributed by atoms with van der Waals surface area (Å²) >= 11 is 0. The Bertz CT molecular complexity index is 789. The fourth-order valence-corrected chi connectivity index (χ4v) is 3.43. The molecule has 1 saturated heterocycles. The standard InChI is InChI=1S/C21H28N4O3/c1-24(2)12-13-25-18(8-9-20(25)26)10-11-22-21(27)23-17-6-3-5-16(15-17)19-7-4-14-28-19/h3-7,14-15,18H,8-13H2,1-2H3,(H2,22,23,27)/t18-/m0/s1. The molecule has 0 radical (unpaired) electrons. The molecule has 0 saturated carbocycles. The number of carbonyl (C=O) groups excluding carboxylic acids is 2. The summed E-state index contributed by atoms with van der Waals surface area (Å²) in [7, 11) is 4.00. The zero-order valence-corrected chi connectivity index (χ0v) is 16.5. The lowest BCUT2D eigenvalue weighted by Crippen LogP contribution is -2.40. The second-order valence-corrected chi connectivity index (χ2v) is 7.31. The number of likely N-dealkylation sites (tertiary alicyclic amines) is 1. The summed E-state index contributed by atoms with van der Waals surface area (Å²) in [5, 5.41) is 5.74. The molecule has 1 aromatic heterocycles. The van der Waals surface area contributed by atoms with E-state index >= 15 is 0 Å². The van der Waals surface area contributed by atoms with Gasteiger partial charge in [0.25, 0.3) is 0 Å². The molecule has 0 spiro atoms. The van der Waals surface area contributed by atoms with Gasteiger partial charge in [-0.1, -0.05) is 12.1 Å². The van der Waals surface area contributed by atoms with Crippen LogP contribution in [0.4, 0.5) is 10.5 Å². The second-order valence-electron chi connectivity index (χ2n) is 7.31. The van der Waals surface area contributed by atoms with Crippen LogP contribution in [-0.4, -0.2) is 61.5 Å². The molecule has 1 aliphatic heterocycles. The number of benzene rings is 1. The van der Waals surface area contributed by atoms with Crippen molar-refractivity contribution in [3.05, 3.63) is 42.7 Å². The van der Waals surface area contributed by atoms with Gasteiger partial charge in [0.1, 0.15) is 5.76 Å². The highest BCUT2D eigenvalue weighted by molar-refractivity contribution is 5.90. The smallest absolute Gasteiger partial charge is 0.319 e. The van der Waals surface area contributed by atoms with Crippen LogP contribution in [-0.2, 0) is 4.79 Å². The van der Waals surface area contributed by atoms with Crippen molar-refractivity contribution >= 4 is 17.6 Å². The van der Waals surface area contributed by atoms with Crippen molar-refractivity contribution in [1.29, 1.82) is 0 Å². The Labute approximate surface area is 165 Å². The number of hydrogen-bond acceptors (Lipinski definition) is 4. The molecule has 0 aliphatic carbocycles. The van der Waals surface area contributed by atoms with Crippen molar-refractivity contribution in [3.8, 4) is 11.3 Å². The average molecular weight is 384 g/mol. The van der Waals surface area contributed by atoms with Crippen LogP contribution in [0.3, 0.4) is 0 Å². The van der Waals surface area contributed by atoms with Gasteiger partial charge in [0, 0.05) is 43.3 Å². The van der Waals surface area contributed by atoms with Crippen LogP contribution in [0.15, 0.2) is 47.1 Å². The summed E-state index contributed by atoms with van der Waals surface area (Å²) in [5.41, 5.74) is 1.61. The highest BCUT2D eigenvalue weighted by Gasteiger charge is 2.30. The van der Waals surface area contributed by atoms with E-state index in [1.54, 1.807) is 6.26 Å². The van der Waals surface area contributed by atoms with Crippen molar-refractivity contribution in [2.45, 2.75) is 25.3 Å². The van der Waals surface area contributed by atoms with Gasteiger partial charge < -0.3 is 24.9 Å². The molecule has 28 heavy (non-hydrogen) atoms. The first-order chi connectivity index (χ1) is 13.5. The van der Waals surface area contributed by atoms with Gasteiger partial charge in [-0.15, -0.1) is 0 Å². The van der Waals surface area contributed by atoms with Crippen molar-refractivity contribution < 1.29 is 14.0 Å². The molecule has 2 heterocycles. The number of furan rings is 1. The van der Waals surface area contributed by atoms with Gasteiger partial charge in [0.05, 0.1) is 6.26 Å². The van der Waals surface area contributed by atoms with E-state index in [1.165, 1.54) is 0 Å². The zero-order chi connectivity index (χ0) is 19.9. The third-order valence-electron chi connectivity index (χ3n) is 4.93. The number of nitrogens with zero attached hydrogens (tertiary/aromatic N) is 2. The van der Waals surface area contributed by atoms with Gasteiger partial charge in [-0.3, -0.25) is 4.79 Å². The summed E-state index contributed by atoms with van der Waals surface area (Å²) in [6.07, 6.45) is 3.85. The molecule has 3 amide bonds. The average Bonchev–Trinajstić information content (AvgIpc) is 3.31. The molecule has 1 aromatic carbocycles. The minimum atomic E-state index is -0.249. The Morgan fingerprint density at radius 1 is 1.29 bits per heavy atom. The van der Waals surface area contributed by atoms with E-state index in [4.69, 9.17) is 4.42 Å². The number of likely N-dealkylation sites (N-methyl/N-ethyl adjacent to an activating group) is 1. The highest BCUT2D eigenvalue weighted by Crippen LogP contribution is 2.23. The Hall–Kier alpha value is -2.80. The zero-order valence-electron chi connectivity index (χ0n) is 16.5. The van der Waals surface area contributed by atoms with Crippen LogP contribution in [0.1, 0.15) is 19.3 Å². The summed E-state index contributed by atoms with van der Waals surface area (Å²) in [5.74, 6) is 0.971. The number of amides is 3. The second kappa shape index (κ2) is 9.41. The normalized spacial score (nSPS) is 16.6. The molecule has 7 heteroatoms. The lowest BCUT2D eigenvalue weighted by atomic mass is 10.1. The Morgan fingerprint density at radius 2 is 2.14 bits per heavy atom. The van der Waals surface area contributed by atoms with E-state index < -0.39 is 0 Å². The van der Waals surface area contributed by atoms with Crippen molar-refractivity contribution in [2.75, 3.05) is 39.0 Å². The lowest BCUT2D eigenvalue weighted by molar-refractivity contribution is -0.129. The van der Waals surface area contributed by atoms with Gasteiger partial charge in [-0.05, 0) is 51.2 Å². The van der Waals surface area contributed by atoms with E-state index in [-0.39, 0.29) is 18.0 Å². The first kappa shape index (κ1) is 19.9. The van der Waals surface area contributed by atoms with Crippen LogP contribution < -0.4 is 10.6 Å². The molecule has 1 fully saturated rings. The molecular formula is C21H28N4O3. The van der Waals surface area contributed by atoms with E-state index in [2.05, 4.69) is 15.5 Å². The van der Waals surface area contributed by atoms with Gasteiger partial charge in [0.15, 0.2) is 0 Å². The van der Waals surface area contributed by atoms with Crippen molar-refractivity contribution in [3.63, 3.8) is 0 Å². The monoisotopic (exact) mass is 384 g/mol. The summed E-state index contributed by atoms with van der Waals surface area (Å²) in [6, 6.07) is 11.2. The molecule has 7 nitrogen and oxygen atoms in total. The summed E-state index contributed by atoms with van der Waals surface area (Å²) < 4.78 is 5.39. The summed E-state index contributed by atoms with van der Waals surface area (Å²) in [6.45, 7) is 2.12. The molecule has 0 bridgehead atoms. The number of hydrogen-bond donors (Lipinski definition) is 2. The molecule has 2 aromatic rings. The maximum atomic E-state index is 12.2. The Balaban J connectivity index is 1.46. The van der Waals surface area contributed by atoms with Gasteiger partial charge in [-0.2, -0.15) is 0 Å². The summed E-state index contributed by atoms with van der Waals surface area (Å²) in [4.78, 5) is 28.3. The van der Waals surface area contributed by atoms with Crippen LogP contribution >= 0.6 is 0 Å². The van der Waals surface area contributed by atoms with Gasteiger partial charge in [-0.25, -0.2) is 4.79 Å². The van der Waals surface area contributed by atoms with E-state index in [0.29, 0.717) is 18.7 Å². The third-order valence-corrected chi connectivity index (χ3v) is 4.93. The fraction of sp³-hybridized carbons (Fsp3) is 0.429. The minimum Gasteiger partial charge on any atom is -0.464 e. The molecule has 1 aliphatic rings. The van der Waals surface area contributed by atoms with E-state index in [1.807, 2.05) is 55.4 Å². The topological polar surface area (TPSA) is 77.8 Å². The van der Waals surface area contributed by atoms with Gasteiger partial charge >= 0.3 is 6.03 Å². The largest absolute Gasteiger partial charge is 0.464 e. The predicted octanol–water partition coefficient (Wildman–Crippen LogP) is 3.01. The van der Waals surface area contributed by atoms with Gasteiger partial charge in [0.2, 0.25) is 5.91 Å². The molecule has 150 valence electrons. The predicted molar refractivity (Wildman–Crippen MR) is 109 cm³/mol. The SMILES string of the molecule is CN(C)CCN1C(=O)CC[C@H]1CCNC(=O)Nc1cccc(-c2ccco2)c1. The van der Waals surface area contributed by atoms with Crippen LogP contribution in [0.5, 0.6) is 0 Å². The number of urea groups is 1. The fourth-order valence-electron chi connectivity index (χ4n) is 3.43. The molecular weight excluding hydrogens is 356 g/mol. The van der Waals surface area contributed by atoms with Crippen molar-refractivity contribution in [2.24, 2.45) is 0 Å². The number of carbonyl (C=O) groups is 2. The number of anilines is 1. The van der Waals surface area contributed by atoms with E-state index in [9.17, 15) is 9.59 Å². The Kier molecular flexibility index (Phi) is 6.71. The Morgan fingerprint density at radius 3 is 2.89 bits per heavy atom. The van der Waals surface area contributed by atoms with Crippen LogP contribution in [0.25, 0.3) is 11.3 Å². The quantitative estimate of drug-likeness (QED) is 0.733. The van der Waals surface area contributed by atoms with E-state index in [0.717, 1.165) is 37.3 Å². The first-order valence-corrected chi connectivity index (χ1v) is 9.66. The van der Waals surface area contributed by atoms with Crippen LogP contribution in [0.2, 0.25) is 0 Å². The number of rotatable bonds is 8. The lowest BCUT2D eigenvalue weighted by Gasteiger charge is -2.26. The number of nitrogens with one attached hydrogen (secondary N) is 2. The third kappa shape index (κ3) is 5.36. The van der Waals surface area contributed by atoms with Crippen molar-refractivity contribution in [1.82, 2.24) is 15.1 Å². The first-order valence-electron chi connectivity index (χ1n) is 9.66. The minimum absolute atomic E-state index is 0.204. The molecule has 3 rings (SSSR count). The molecule has 2 N–H and O–H groups in total.